The number of benzene rings is 20. The van der Waals surface area contributed by atoms with Crippen molar-refractivity contribution in [1.82, 2.24) is 9.13 Å². The van der Waals surface area contributed by atoms with Crippen molar-refractivity contribution in [3.8, 4) is 78.1 Å². The molecule has 0 amide bonds. The number of para-hydroxylation sites is 8. The molecule has 26 aromatic rings. The van der Waals surface area contributed by atoms with Crippen molar-refractivity contribution >= 4 is 165 Å². The van der Waals surface area contributed by atoms with E-state index in [1.54, 1.807) is 0 Å². The molecule has 20 aromatic carbocycles. The average molecular weight is 1680 g/mol. The molecule has 1 aliphatic carbocycles. The molecule has 616 valence electrons. The lowest BCUT2D eigenvalue weighted by Crippen LogP contribution is -2.17. The summed E-state index contributed by atoms with van der Waals surface area (Å²) in [6.07, 6.45) is 0. The molecule has 0 atom stereocenters. The molecule has 8 nitrogen and oxygen atoms in total. The maximum Gasteiger partial charge on any atom is 0.135 e. The summed E-state index contributed by atoms with van der Waals surface area (Å²) in [4.78, 5) is 4.74. The maximum atomic E-state index is 6.17. The highest BCUT2D eigenvalue weighted by molar-refractivity contribution is 6.14. The number of anilines is 6. The Kier molecular flexibility index (Phi) is 17.2. The van der Waals surface area contributed by atoms with E-state index in [2.05, 4.69) is 433 Å². The first kappa shape index (κ1) is 75.2. The van der Waals surface area contributed by atoms with E-state index in [1.807, 2.05) is 48.5 Å². The van der Waals surface area contributed by atoms with Crippen LogP contribution in [0.1, 0.15) is 25.0 Å². The van der Waals surface area contributed by atoms with Gasteiger partial charge in [0, 0.05) is 116 Å². The summed E-state index contributed by atoms with van der Waals surface area (Å²) in [6.45, 7) is 4.76. The van der Waals surface area contributed by atoms with E-state index < -0.39 is 0 Å². The van der Waals surface area contributed by atoms with Crippen LogP contribution < -0.4 is 9.80 Å². The molecule has 1 aliphatic rings. The first-order valence-electron chi connectivity index (χ1n) is 44.8. The Morgan fingerprint density at radius 2 is 0.427 bits per heavy atom. The van der Waals surface area contributed by atoms with Gasteiger partial charge in [-0.25, -0.2) is 0 Å². The van der Waals surface area contributed by atoms with Crippen LogP contribution in [-0.2, 0) is 5.41 Å². The fourth-order valence-electron chi connectivity index (χ4n) is 20.7. The molecule has 0 N–H and O–H groups in total. The Morgan fingerprint density at radius 1 is 0.176 bits per heavy atom. The minimum Gasteiger partial charge on any atom is -0.456 e. The van der Waals surface area contributed by atoms with Crippen molar-refractivity contribution in [3.05, 3.63) is 460 Å². The van der Waals surface area contributed by atoms with Gasteiger partial charge in [0.15, 0.2) is 0 Å². The van der Waals surface area contributed by atoms with Gasteiger partial charge < -0.3 is 36.6 Å². The average Bonchev–Trinajstić information content (AvgIpc) is 1.56. The van der Waals surface area contributed by atoms with E-state index in [4.69, 9.17) is 17.7 Å². The van der Waals surface area contributed by atoms with Gasteiger partial charge >= 0.3 is 0 Å². The first-order valence-corrected chi connectivity index (χ1v) is 44.8. The third-order valence-electron chi connectivity index (χ3n) is 27.2. The van der Waals surface area contributed by atoms with Gasteiger partial charge in [-0.3, -0.25) is 0 Å². The van der Waals surface area contributed by atoms with Crippen LogP contribution in [0.15, 0.2) is 467 Å². The van der Waals surface area contributed by atoms with E-state index in [-0.39, 0.29) is 5.41 Å². The molecule has 0 radical (unpaired) electrons. The SMILES string of the molecule is CC1(C)c2cc(N(c3ccc(-c4ccc5oc6ccccc6c5c4)cc3)c3ccc(-c4ccc5oc6ccccc6c5c4)cc3)ccc2-c2ccc(-n3c4ccccc4c4ccccc43)cc21.c1ccc(-n2c3ccccc3c3cc(-c4ccc(N(c5ccc(-c6ccc7oc8ccccc8c7c6)cc5)c5ccc(-c6ccc7oc8ccccc8c7c6)cc5)cc4)ccc32)cc1. The number of hydrogen-bond donors (Lipinski definition) is 0. The topological polar surface area (TPSA) is 68.9 Å². The third kappa shape index (κ3) is 12.5. The largest absolute Gasteiger partial charge is 0.456 e. The molecule has 0 unspecified atom stereocenters. The third-order valence-corrected chi connectivity index (χ3v) is 27.2. The van der Waals surface area contributed by atoms with Gasteiger partial charge in [-0.1, -0.05) is 263 Å². The molecule has 131 heavy (non-hydrogen) atoms. The van der Waals surface area contributed by atoms with Crippen molar-refractivity contribution in [2.45, 2.75) is 19.3 Å². The summed E-state index contributed by atoms with van der Waals surface area (Å²) < 4.78 is 29.4. The summed E-state index contributed by atoms with van der Waals surface area (Å²) in [5, 5.41) is 14.1. The van der Waals surface area contributed by atoms with Gasteiger partial charge in [0.05, 0.1) is 22.1 Å². The molecule has 0 spiro atoms. The Morgan fingerprint density at radius 3 is 0.794 bits per heavy atom. The minimum atomic E-state index is -0.249. The van der Waals surface area contributed by atoms with Gasteiger partial charge in [0.2, 0.25) is 0 Å². The van der Waals surface area contributed by atoms with Crippen molar-refractivity contribution in [3.63, 3.8) is 0 Å². The Bertz CT molecular complexity index is 8690. The summed E-state index contributed by atoms with van der Waals surface area (Å²) in [7, 11) is 0. The highest BCUT2D eigenvalue weighted by atomic mass is 16.3. The smallest absolute Gasteiger partial charge is 0.135 e. The van der Waals surface area contributed by atoms with Gasteiger partial charge in [-0.05, 0) is 278 Å². The summed E-state index contributed by atoms with van der Waals surface area (Å²) in [5.74, 6) is 0. The number of aromatic nitrogens is 2. The number of hydrogen-bond acceptors (Lipinski definition) is 6. The Labute approximate surface area is 754 Å². The van der Waals surface area contributed by atoms with Crippen molar-refractivity contribution in [2.24, 2.45) is 0 Å². The van der Waals surface area contributed by atoms with Crippen LogP contribution in [-0.4, -0.2) is 9.13 Å². The molecule has 0 saturated heterocycles. The molecule has 0 aliphatic heterocycles. The zero-order chi connectivity index (χ0) is 86.5. The van der Waals surface area contributed by atoms with Crippen LogP contribution in [0, 0.1) is 0 Å². The second kappa shape index (κ2) is 30.0. The zero-order valence-corrected chi connectivity index (χ0v) is 71.6. The maximum absolute atomic E-state index is 6.17. The lowest BCUT2D eigenvalue weighted by molar-refractivity contribution is 0.660. The lowest BCUT2D eigenvalue weighted by Gasteiger charge is -2.28. The normalized spacial score (nSPS) is 12.4. The highest BCUT2D eigenvalue weighted by Gasteiger charge is 2.37. The molecular weight excluding hydrogens is 1600 g/mol. The first-order chi connectivity index (χ1) is 64.6. The fourth-order valence-corrected chi connectivity index (χ4v) is 20.7. The van der Waals surface area contributed by atoms with E-state index in [0.29, 0.717) is 0 Å². The number of fused-ring (bicyclic) bond motifs is 21. The molecule has 27 rings (SSSR count). The van der Waals surface area contributed by atoms with E-state index >= 15 is 0 Å². The summed E-state index contributed by atoms with van der Waals surface area (Å²) >= 11 is 0. The van der Waals surface area contributed by atoms with Gasteiger partial charge in [-0.2, -0.15) is 0 Å². The van der Waals surface area contributed by atoms with Crippen LogP contribution in [0.3, 0.4) is 0 Å². The molecule has 0 fully saturated rings. The van der Waals surface area contributed by atoms with Crippen LogP contribution in [0.25, 0.3) is 210 Å². The van der Waals surface area contributed by atoms with Gasteiger partial charge in [-0.15, -0.1) is 0 Å². The van der Waals surface area contributed by atoms with Crippen LogP contribution in [0.2, 0.25) is 0 Å². The second-order valence-corrected chi connectivity index (χ2v) is 35.0. The molecule has 6 aromatic heterocycles. The van der Waals surface area contributed by atoms with E-state index in [0.717, 1.165) is 178 Å². The van der Waals surface area contributed by atoms with Crippen LogP contribution in [0.4, 0.5) is 34.1 Å². The highest BCUT2D eigenvalue weighted by Crippen LogP contribution is 2.53. The lowest BCUT2D eigenvalue weighted by atomic mass is 9.82. The zero-order valence-electron chi connectivity index (χ0n) is 71.6. The van der Waals surface area contributed by atoms with Crippen molar-refractivity contribution < 1.29 is 17.7 Å². The molecule has 8 heteroatoms. The van der Waals surface area contributed by atoms with E-state index in [1.165, 1.54) is 77.1 Å². The molecule has 0 bridgehead atoms. The quantitative estimate of drug-likeness (QED) is 0.115. The van der Waals surface area contributed by atoms with E-state index in [9.17, 15) is 0 Å². The number of nitrogens with zero attached hydrogens (tertiary/aromatic N) is 4. The standard InChI is InChI=1S/C63H42N2O2.C60H38N2O2/c1-63(2)55-37-45(29-31-47(55)48-32-30-46(38-56(48)63)65-57-15-7-3-11-49(57)50-12-4-8-16-58(50)65)64(43-25-19-39(20-26-43)41-23-33-61-53(35-41)51-13-5-9-17-59(51)66-61)44-27-21-40(22-28-44)42-24-34-62-54(36-42)52-14-6-10-18-60(52)67-62;1-2-10-45(11-3-1)62-55-15-7-4-12-49(55)52-36-42(24-33-56(52)62)39-18-27-46(28-19-39)61(47-29-20-40(21-30-47)43-25-34-59-53(37-43)50-13-5-8-16-57(50)63-59)48-31-22-41(23-32-48)44-26-35-60-54(38-44)51-14-6-9-17-58(51)64-60/h3-38H,1-2H3;1-38H. The number of furan rings is 4. The van der Waals surface area contributed by atoms with Crippen molar-refractivity contribution in [2.75, 3.05) is 9.80 Å². The second-order valence-electron chi connectivity index (χ2n) is 35.0. The molecule has 6 heterocycles. The number of rotatable bonds is 13. The van der Waals surface area contributed by atoms with Crippen LogP contribution >= 0.6 is 0 Å². The summed E-state index contributed by atoms with van der Waals surface area (Å²) in [5.41, 5.74) is 37.4. The Balaban J connectivity index is 0.000000138. The minimum absolute atomic E-state index is 0.249. The fraction of sp³-hybridized carbons (Fsp3) is 0.0244. The van der Waals surface area contributed by atoms with Crippen LogP contribution in [0.5, 0.6) is 0 Å². The summed E-state index contributed by atoms with van der Waals surface area (Å²) in [6, 6.07) is 162. The van der Waals surface area contributed by atoms with Gasteiger partial charge in [0.1, 0.15) is 44.7 Å². The monoisotopic (exact) mass is 1680 g/mol. The van der Waals surface area contributed by atoms with Crippen molar-refractivity contribution in [1.29, 1.82) is 0 Å². The predicted octanol–water partition coefficient (Wildman–Crippen LogP) is 34.7. The molecular formula is C123H80N4O4. The predicted molar refractivity (Wildman–Crippen MR) is 545 cm³/mol. The van der Waals surface area contributed by atoms with Gasteiger partial charge in [0.25, 0.3) is 0 Å². The molecule has 0 saturated carbocycles. The Hall–Kier alpha value is -17.2.